The van der Waals surface area contributed by atoms with Gasteiger partial charge in [-0.15, -0.1) is 0 Å². The summed E-state index contributed by atoms with van der Waals surface area (Å²) in [5, 5.41) is 9.64. The van der Waals surface area contributed by atoms with Crippen LogP contribution in [0.2, 0.25) is 0 Å². The summed E-state index contributed by atoms with van der Waals surface area (Å²) in [6.07, 6.45) is 1.35. The molecule has 124 valence electrons. The lowest BCUT2D eigenvalue weighted by molar-refractivity contribution is -0.0290. The Bertz CT molecular complexity index is 256. The van der Waals surface area contributed by atoms with Crippen LogP contribution in [0.25, 0.3) is 0 Å². The van der Waals surface area contributed by atoms with Crippen molar-refractivity contribution in [3.8, 4) is 0 Å². The number of hydrogen-bond acceptors (Lipinski definition) is 7. The molecule has 3 unspecified atom stereocenters. The van der Waals surface area contributed by atoms with Gasteiger partial charge in [0.25, 0.3) is 0 Å². The topological polar surface area (TPSA) is 82.2 Å². The lowest BCUT2D eigenvalue weighted by atomic mass is 10.4. The van der Waals surface area contributed by atoms with Crippen LogP contribution in [0.4, 0.5) is 0 Å². The van der Waals surface area contributed by atoms with Gasteiger partial charge in [0.15, 0.2) is 6.29 Å². The van der Waals surface area contributed by atoms with Gasteiger partial charge in [-0.2, -0.15) is 0 Å². The van der Waals surface area contributed by atoms with Gasteiger partial charge in [-0.25, -0.2) is 0 Å². The van der Waals surface area contributed by atoms with E-state index >= 15 is 0 Å². The van der Waals surface area contributed by atoms with E-state index in [2.05, 4.69) is 0 Å². The average Bonchev–Trinajstić information content (AvgIpc) is 3.36. The molecule has 2 heterocycles. The van der Waals surface area contributed by atoms with Crippen LogP contribution in [0.3, 0.4) is 0 Å². The van der Waals surface area contributed by atoms with Crippen LogP contribution in [0, 0.1) is 0 Å². The van der Waals surface area contributed by atoms with Gasteiger partial charge in [0.05, 0.1) is 33.0 Å². The first kappa shape index (κ1) is 17.1. The van der Waals surface area contributed by atoms with Crippen LogP contribution in [-0.4, -0.2) is 83.1 Å². The number of ether oxygens (including phenoxy) is 6. The summed E-state index contributed by atoms with van der Waals surface area (Å²) in [5.41, 5.74) is 0. The van der Waals surface area contributed by atoms with Crippen molar-refractivity contribution in [1.82, 2.24) is 0 Å². The van der Waals surface area contributed by atoms with Crippen molar-refractivity contribution in [2.75, 3.05) is 59.5 Å². The van der Waals surface area contributed by atoms with Gasteiger partial charge in [-0.05, 0) is 12.8 Å². The molecule has 2 aliphatic heterocycles. The molecule has 0 radical (unpaired) electrons. The molecule has 0 spiro atoms. The van der Waals surface area contributed by atoms with Crippen LogP contribution < -0.4 is 0 Å². The Balaban J connectivity index is 1.25. The maximum absolute atomic E-state index is 9.64. The highest BCUT2D eigenvalue weighted by Crippen LogP contribution is 2.10. The summed E-state index contributed by atoms with van der Waals surface area (Å²) < 4.78 is 31.3. The Kier molecular flexibility index (Phi) is 8.50. The van der Waals surface area contributed by atoms with E-state index in [0.717, 1.165) is 19.4 Å². The molecule has 1 N–H and O–H groups in total. The molecule has 3 atom stereocenters. The third-order valence-electron chi connectivity index (χ3n) is 2.94. The summed E-state index contributed by atoms with van der Waals surface area (Å²) >= 11 is 0. The summed E-state index contributed by atoms with van der Waals surface area (Å²) in [5.74, 6) is 0. The maximum Gasteiger partial charge on any atom is 0.181 e. The molecule has 2 saturated heterocycles. The van der Waals surface area contributed by atoms with Crippen molar-refractivity contribution < 1.29 is 33.5 Å². The molecule has 2 rings (SSSR count). The fourth-order valence-electron chi connectivity index (χ4n) is 1.64. The van der Waals surface area contributed by atoms with Gasteiger partial charge in [-0.1, -0.05) is 0 Å². The molecule has 0 bridgehead atoms. The van der Waals surface area contributed by atoms with Crippen LogP contribution in [-0.2, 0) is 28.4 Å². The predicted octanol–water partition coefficient (Wildman–Crippen LogP) is -0.0510. The van der Waals surface area contributed by atoms with E-state index in [-0.39, 0.29) is 19.5 Å². The molecule has 0 aromatic rings. The zero-order valence-electron chi connectivity index (χ0n) is 12.4. The molecule has 0 saturated carbocycles. The number of aliphatic hydroxyl groups is 1. The van der Waals surface area contributed by atoms with Gasteiger partial charge in [0.2, 0.25) is 0 Å². The Morgan fingerprint density at radius 2 is 1.52 bits per heavy atom. The molecule has 0 aliphatic carbocycles. The summed E-state index contributed by atoms with van der Waals surface area (Å²) in [7, 11) is 0. The second-order valence-corrected chi connectivity index (χ2v) is 5.17. The van der Waals surface area contributed by atoms with Crippen molar-refractivity contribution in [2.24, 2.45) is 0 Å². The van der Waals surface area contributed by atoms with E-state index in [9.17, 15) is 5.11 Å². The van der Waals surface area contributed by atoms with E-state index < -0.39 is 6.10 Å². The molecule has 7 heteroatoms. The zero-order valence-corrected chi connectivity index (χ0v) is 12.4. The van der Waals surface area contributed by atoms with Crippen LogP contribution >= 0.6 is 0 Å². The van der Waals surface area contributed by atoms with Gasteiger partial charge >= 0.3 is 0 Å². The van der Waals surface area contributed by atoms with Crippen molar-refractivity contribution in [2.45, 2.75) is 31.3 Å². The van der Waals surface area contributed by atoms with Gasteiger partial charge < -0.3 is 33.5 Å². The fourth-order valence-corrected chi connectivity index (χ4v) is 1.64. The first-order valence-corrected chi connectivity index (χ1v) is 7.60. The molecule has 2 fully saturated rings. The Morgan fingerprint density at radius 3 is 2.14 bits per heavy atom. The summed E-state index contributed by atoms with van der Waals surface area (Å²) in [6.45, 7) is 5.22. The highest BCUT2D eigenvalue weighted by Gasteiger charge is 2.22. The van der Waals surface area contributed by atoms with Crippen LogP contribution in [0.5, 0.6) is 0 Å². The molecule has 0 aromatic heterocycles. The van der Waals surface area contributed by atoms with E-state index in [1.807, 2.05) is 0 Å². The highest BCUT2D eigenvalue weighted by atomic mass is 16.8. The van der Waals surface area contributed by atoms with E-state index in [0.29, 0.717) is 45.7 Å². The summed E-state index contributed by atoms with van der Waals surface area (Å²) in [6, 6.07) is 0. The average molecular weight is 306 g/mol. The molecular weight excluding hydrogens is 280 g/mol. The lowest BCUT2D eigenvalue weighted by Gasteiger charge is -2.12. The minimum absolute atomic E-state index is 0.00442. The number of aliphatic hydroxyl groups excluding tert-OH is 1. The Morgan fingerprint density at radius 1 is 0.905 bits per heavy atom. The Labute approximate surface area is 125 Å². The first-order valence-electron chi connectivity index (χ1n) is 7.60. The zero-order chi connectivity index (χ0) is 14.8. The Hall–Kier alpha value is -0.280. The van der Waals surface area contributed by atoms with Crippen molar-refractivity contribution in [3.63, 3.8) is 0 Å². The minimum Gasteiger partial charge on any atom is -0.388 e. The molecule has 7 nitrogen and oxygen atoms in total. The minimum atomic E-state index is -0.585. The molecule has 0 amide bonds. The maximum atomic E-state index is 9.64. The third kappa shape index (κ3) is 10.1. The van der Waals surface area contributed by atoms with Crippen LogP contribution in [0.1, 0.15) is 12.8 Å². The van der Waals surface area contributed by atoms with E-state index in [1.54, 1.807) is 0 Å². The van der Waals surface area contributed by atoms with Crippen molar-refractivity contribution >= 4 is 0 Å². The third-order valence-corrected chi connectivity index (χ3v) is 2.94. The smallest absolute Gasteiger partial charge is 0.181 e. The second-order valence-electron chi connectivity index (χ2n) is 5.17. The summed E-state index contributed by atoms with van der Waals surface area (Å²) in [4.78, 5) is 0. The number of epoxide rings is 2. The van der Waals surface area contributed by atoms with E-state index in [4.69, 9.17) is 28.4 Å². The standard InChI is InChI=1S/C14H26O7/c15-12(8-17-5-2-6-19-14-11-21-14)7-16-3-1-4-18-9-13-10-20-13/h12-15H,1-11H2. The van der Waals surface area contributed by atoms with Gasteiger partial charge in [0.1, 0.15) is 18.8 Å². The van der Waals surface area contributed by atoms with Gasteiger partial charge in [0, 0.05) is 19.8 Å². The molecule has 2 aliphatic rings. The second kappa shape index (κ2) is 10.4. The fraction of sp³-hybridized carbons (Fsp3) is 1.00. The molecular formula is C14H26O7. The predicted molar refractivity (Wildman–Crippen MR) is 73.1 cm³/mol. The molecule has 21 heavy (non-hydrogen) atoms. The monoisotopic (exact) mass is 306 g/mol. The van der Waals surface area contributed by atoms with E-state index in [1.165, 1.54) is 0 Å². The van der Waals surface area contributed by atoms with Crippen molar-refractivity contribution in [1.29, 1.82) is 0 Å². The lowest BCUT2D eigenvalue weighted by Crippen LogP contribution is -2.22. The first-order chi connectivity index (χ1) is 10.3. The highest BCUT2D eigenvalue weighted by molar-refractivity contribution is 4.66. The largest absolute Gasteiger partial charge is 0.388 e. The van der Waals surface area contributed by atoms with Crippen LogP contribution in [0.15, 0.2) is 0 Å². The van der Waals surface area contributed by atoms with Crippen molar-refractivity contribution in [3.05, 3.63) is 0 Å². The number of hydrogen-bond donors (Lipinski definition) is 1. The SMILES string of the molecule is OC(COCCCOCC1CO1)COCCCOC1CO1. The number of rotatable bonds is 15. The van der Waals surface area contributed by atoms with Gasteiger partial charge in [-0.3, -0.25) is 0 Å². The quantitative estimate of drug-likeness (QED) is 0.335. The molecule has 0 aromatic carbocycles. The normalized spacial score (nSPS) is 25.0.